The van der Waals surface area contributed by atoms with Crippen LogP contribution in [0.3, 0.4) is 0 Å². The van der Waals surface area contributed by atoms with Gasteiger partial charge < -0.3 is 11.1 Å². The molecule has 0 saturated heterocycles. The summed E-state index contributed by atoms with van der Waals surface area (Å²) in [5.41, 5.74) is 6.13. The minimum absolute atomic E-state index is 0.249. The largest absolute Gasteiger partial charge is 0.368 e. The van der Waals surface area contributed by atoms with Crippen LogP contribution in [0.1, 0.15) is 36.2 Å². The molecule has 5 heteroatoms. The highest BCUT2D eigenvalue weighted by Gasteiger charge is 2.19. The number of benzene rings is 1. The lowest BCUT2D eigenvalue weighted by Gasteiger charge is -2.17. The van der Waals surface area contributed by atoms with Gasteiger partial charge in [-0.3, -0.25) is 9.59 Å². The zero-order valence-corrected chi connectivity index (χ0v) is 11.0. The van der Waals surface area contributed by atoms with Crippen molar-refractivity contribution in [3.63, 3.8) is 0 Å². The highest BCUT2D eigenvalue weighted by atomic mass is 16.2. The summed E-state index contributed by atoms with van der Waals surface area (Å²) < 4.78 is 0. The molecule has 0 aliphatic rings. The van der Waals surface area contributed by atoms with Crippen molar-refractivity contribution in [1.82, 2.24) is 5.32 Å². The number of hydrogen-bond donors (Lipinski definition) is 2. The molecule has 0 spiro atoms. The molecule has 3 N–H and O–H groups in total. The third-order valence-electron chi connectivity index (χ3n) is 2.63. The zero-order valence-electron chi connectivity index (χ0n) is 11.0. The van der Waals surface area contributed by atoms with Gasteiger partial charge in [-0.25, -0.2) is 0 Å². The summed E-state index contributed by atoms with van der Waals surface area (Å²) in [6.45, 7) is 3.90. The molecule has 5 nitrogen and oxygen atoms in total. The first-order valence-electron chi connectivity index (χ1n) is 6.04. The van der Waals surface area contributed by atoms with Crippen molar-refractivity contribution in [3.05, 3.63) is 35.4 Å². The fourth-order valence-corrected chi connectivity index (χ4v) is 1.66. The van der Waals surface area contributed by atoms with Crippen LogP contribution in [-0.4, -0.2) is 17.9 Å². The second kappa shape index (κ2) is 6.55. The molecule has 0 aliphatic carbocycles. The lowest BCUT2D eigenvalue weighted by Crippen LogP contribution is -2.45. The number of carbonyl (C=O) groups is 2. The van der Waals surface area contributed by atoms with Crippen molar-refractivity contribution in [2.24, 2.45) is 11.7 Å². The SMILES string of the molecule is CC(C)C[C@H](NC(=O)c1ccc(C#N)cc1)C(N)=O. The summed E-state index contributed by atoms with van der Waals surface area (Å²) in [6.07, 6.45) is 0.497. The van der Waals surface area contributed by atoms with Crippen LogP contribution in [0.5, 0.6) is 0 Å². The number of primary amides is 1. The Kier molecular flexibility index (Phi) is 5.07. The van der Waals surface area contributed by atoms with Gasteiger partial charge in [0.05, 0.1) is 11.6 Å². The summed E-state index contributed by atoms with van der Waals surface area (Å²) in [5.74, 6) is -0.664. The smallest absolute Gasteiger partial charge is 0.251 e. The maximum atomic E-state index is 11.9. The van der Waals surface area contributed by atoms with Crippen LogP contribution >= 0.6 is 0 Å². The van der Waals surface area contributed by atoms with Crippen LogP contribution in [-0.2, 0) is 4.79 Å². The third-order valence-corrected chi connectivity index (χ3v) is 2.63. The van der Waals surface area contributed by atoms with Crippen molar-refractivity contribution >= 4 is 11.8 Å². The van der Waals surface area contributed by atoms with Crippen molar-refractivity contribution in [2.75, 3.05) is 0 Å². The molecule has 0 bridgehead atoms. The maximum absolute atomic E-state index is 11.9. The van der Waals surface area contributed by atoms with Gasteiger partial charge in [0.2, 0.25) is 5.91 Å². The fourth-order valence-electron chi connectivity index (χ4n) is 1.66. The average molecular weight is 259 g/mol. The van der Waals surface area contributed by atoms with Gasteiger partial charge >= 0.3 is 0 Å². The number of nitriles is 1. The fraction of sp³-hybridized carbons (Fsp3) is 0.357. The molecule has 0 unspecified atom stereocenters. The lowest BCUT2D eigenvalue weighted by molar-refractivity contribution is -0.120. The van der Waals surface area contributed by atoms with Crippen molar-refractivity contribution in [2.45, 2.75) is 26.3 Å². The molecule has 1 aromatic carbocycles. The molecule has 1 atom stereocenters. The first-order chi connectivity index (χ1) is 8.93. The number of rotatable bonds is 5. The van der Waals surface area contributed by atoms with E-state index in [1.165, 1.54) is 0 Å². The summed E-state index contributed by atoms with van der Waals surface area (Å²) in [7, 11) is 0. The molecule has 0 saturated carbocycles. The Morgan fingerprint density at radius 2 is 1.89 bits per heavy atom. The predicted octanol–water partition coefficient (Wildman–Crippen LogP) is 1.19. The number of amides is 2. The van der Waals surface area contributed by atoms with Gasteiger partial charge in [-0.15, -0.1) is 0 Å². The predicted molar refractivity (Wildman–Crippen MR) is 71.1 cm³/mol. The topological polar surface area (TPSA) is 96.0 Å². The monoisotopic (exact) mass is 259 g/mol. The molecular formula is C14H17N3O2. The Morgan fingerprint density at radius 1 is 1.32 bits per heavy atom. The van der Waals surface area contributed by atoms with Gasteiger partial charge in [0.1, 0.15) is 6.04 Å². The number of nitrogens with one attached hydrogen (secondary N) is 1. The number of nitrogens with zero attached hydrogens (tertiary/aromatic N) is 1. The minimum atomic E-state index is -0.678. The van der Waals surface area contributed by atoms with E-state index in [2.05, 4.69) is 5.32 Å². The van der Waals surface area contributed by atoms with E-state index >= 15 is 0 Å². The Labute approximate surface area is 112 Å². The van der Waals surface area contributed by atoms with Gasteiger partial charge in [0.25, 0.3) is 5.91 Å². The Balaban J connectivity index is 2.76. The van der Waals surface area contributed by atoms with Crippen molar-refractivity contribution < 1.29 is 9.59 Å². The summed E-state index contributed by atoms with van der Waals surface area (Å²) >= 11 is 0. The van der Waals surface area contributed by atoms with Gasteiger partial charge in [-0.2, -0.15) is 5.26 Å². The van der Waals surface area contributed by atoms with Crippen LogP contribution in [0.25, 0.3) is 0 Å². The van der Waals surface area contributed by atoms with E-state index in [-0.39, 0.29) is 11.8 Å². The van der Waals surface area contributed by atoms with Crippen LogP contribution in [0, 0.1) is 17.2 Å². The molecule has 0 aliphatic heterocycles. The van der Waals surface area contributed by atoms with E-state index in [1.807, 2.05) is 19.9 Å². The normalized spacial score (nSPS) is 11.7. The van der Waals surface area contributed by atoms with E-state index in [9.17, 15) is 9.59 Å². The quantitative estimate of drug-likeness (QED) is 0.831. The Bertz CT molecular complexity index is 500. The molecular weight excluding hydrogens is 242 g/mol. The highest BCUT2D eigenvalue weighted by molar-refractivity contribution is 5.97. The Morgan fingerprint density at radius 3 is 2.32 bits per heavy atom. The van der Waals surface area contributed by atoms with Gasteiger partial charge in [0, 0.05) is 5.56 Å². The van der Waals surface area contributed by atoms with Crippen LogP contribution < -0.4 is 11.1 Å². The van der Waals surface area contributed by atoms with E-state index in [0.717, 1.165) is 0 Å². The number of nitrogens with two attached hydrogens (primary N) is 1. The molecule has 1 rings (SSSR count). The standard InChI is InChI=1S/C14H17N3O2/c1-9(2)7-12(13(16)18)17-14(19)11-5-3-10(8-15)4-6-11/h3-6,9,12H,7H2,1-2H3,(H2,16,18)(H,17,19)/t12-/m0/s1. The lowest BCUT2D eigenvalue weighted by atomic mass is 10.0. The molecule has 0 aromatic heterocycles. The zero-order chi connectivity index (χ0) is 14.4. The van der Waals surface area contributed by atoms with Crippen LogP contribution in [0.15, 0.2) is 24.3 Å². The van der Waals surface area contributed by atoms with Crippen molar-refractivity contribution in [3.8, 4) is 6.07 Å². The molecule has 0 fully saturated rings. The van der Waals surface area contributed by atoms with E-state index in [0.29, 0.717) is 17.5 Å². The summed E-state index contributed by atoms with van der Waals surface area (Å²) in [6, 6.07) is 7.49. The van der Waals surface area contributed by atoms with Crippen molar-refractivity contribution in [1.29, 1.82) is 5.26 Å². The second-order valence-electron chi connectivity index (χ2n) is 4.75. The van der Waals surface area contributed by atoms with Gasteiger partial charge in [-0.1, -0.05) is 13.8 Å². The van der Waals surface area contributed by atoms with Crippen LogP contribution in [0.4, 0.5) is 0 Å². The minimum Gasteiger partial charge on any atom is -0.368 e. The van der Waals surface area contributed by atoms with Crippen LogP contribution in [0.2, 0.25) is 0 Å². The molecule has 100 valence electrons. The molecule has 0 radical (unpaired) electrons. The van der Waals surface area contributed by atoms with E-state index in [1.54, 1.807) is 24.3 Å². The molecule has 2 amide bonds. The highest BCUT2D eigenvalue weighted by Crippen LogP contribution is 2.07. The molecule has 0 heterocycles. The second-order valence-corrected chi connectivity index (χ2v) is 4.75. The summed E-state index contributed by atoms with van der Waals surface area (Å²) in [5, 5.41) is 11.3. The summed E-state index contributed by atoms with van der Waals surface area (Å²) in [4.78, 5) is 23.2. The number of hydrogen-bond acceptors (Lipinski definition) is 3. The first-order valence-corrected chi connectivity index (χ1v) is 6.04. The first kappa shape index (κ1) is 14.7. The van der Waals surface area contributed by atoms with E-state index < -0.39 is 11.9 Å². The number of carbonyl (C=O) groups excluding carboxylic acids is 2. The molecule has 19 heavy (non-hydrogen) atoms. The average Bonchev–Trinajstić information content (AvgIpc) is 2.37. The van der Waals surface area contributed by atoms with Gasteiger partial charge in [0.15, 0.2) is 0 Å². The van der Waals surface area contributed by atoms with E-state index in [4.69, 9.17) is 11.0 Å². The van der Waals surface area contributed by atoms with Gasteiger partial charge in [-0.05, 0) is 36.6 Å². The molecule has 1 aromatic rings. The third kappa shape index (κ3) is 4.43. The maximum Gasteiger partial charge on any atom is 0.251 e. The Hall–Kier alpha value is -2.35.